The first-order valence-corrected chi connectivity index (χ1v) is 12.9. The summed E-state index contributed by atoms with van der Waals surface area (Å²) in [5, 5.41) is 2.07. The minimum Gasteiger partial charge on any atom is -0.492 e. The molecule has 2 atom stereocenters. The van der Waals surface area contributed by atoms with Gasteiger partial charge in [-0.1, -0.05) is 79.8 Å². The molecule has 35 heavy (non-hydrogen) atoms. The van der Waals surface area contributed by atoms with Crippen LogP contribution in [0.5, 0.6) is 5.75 Å². The molecule has 0 radical (unpaired) electrons. The lowest BCUT2D eigenvalue weighted by molar-refractivity contribution is 0.292. The highest BCUT2D eigenvalue weighted by Crippen LogP contribution is 2.54. The Morgan fingerprint density at radius 1 is 0.857 bits per heavy atom. The summed E-state index contributed by atoms with van der Waals surface area (Å²) in [7, 11) is 0. The highest BCUT2D eigenvalue weighted by Gasteiger charge is 2.55. The molecule has 0 aliphatic carbocycles. The predicted molar refractivity (Wildman–Crippen MR) is 150 cm³/mol. The van der Waals surface area contributed by atoms with Crippen molar-refractivity contribution in [3.05, 3.63) is 92.4 Å². The molecule has 0 N–H and O–H groups in total. The van der Waals surface area contributed by atoms with Crippen LogP contribution in [0, 0.1) is 0 Å². The zero-order valence-corrected chi connectivity index (χ0v) is 23.3. The molecule has 1 aliphatic heterocycles. The molecule has 3 aromatic carbocycles. The molecule has 6 heteroatoms. The van der Waals surface area contributed by atoms with Crippen molar-refractivity contribution >= 4 is 46.8 Å². The van der Waals surface area contributed by atoms with Crippen molar-refractivity contribution in [2.75, 3.05) is 11.5 Å². The average molecular weight is 530 g/mol. The maximum Gasteiger partial charge on any atom is 0.143 e. The summed E-state index contributed by atoms with van der Waals surface area (Å²) in [5.74, 6) is 0.772. The zero-order valence-electron chi connectivity index (χ0n) is 21.0. The summed E-state index contributed by atoms with van der Waals surface area (Å²) >= 11 is 19.4. The fraction of sp³-hybridized carbons (Fsp3) is 0.345. The molecule has 3 nitrogen and oxygen atoms in total. The first-order valence-electron chi connectivity index (χ1n) is 11.8. The topological polar surface area (TPSA) is 24.8 Å². The monoisotopic (exact) mass is 528 g/mol. The molecule has 0 spiro atoms. The maximum absolute atomic E-state index is 6.87. The summed E-state index contributed by atoms with van der Waals surface area (Å²) in [4.78, 5) is 7.28. The van der Waals surface area contributed by atoms with E-state index in [0.717, 1.165) is 28.1 Å². The highest BCUT2D eigenvalue weighted by atomic mass is 35.5. The molecule has 2 unspecified atom stereocenters. The first-order chi connectivity index (χ1) is 16.4. The minimum atomic E-state index is -0.635. The van der Waals surface area contributed by atoms with E-state index in [1.54, 1.807) is 0 Å². The number of nitrogens with zero attached hydrogens (tertiary/aromatic N) is 2. The predicted octanol–water partition coefficient (Wildman–Crippen LogP) is 9.02. The van der Waals surface area contributed by atoms with Gasteiger partial charge in [-0.2, -0.15) is 0 Å². The van der Waals surface area contributed by atoms with Crippen molar-refractivity contribution in [2.24, 2.45) is 4.99 Å². The van der Waals surface area contributed by atoms with Gasteiger partial charge in [0.05, 0.1) is 24.2 Å². The number of aliphatic imine (C=N–C) groups is 1. The third kappa shape index (κ3) is 4.43. The Balaban J connectivity index is 1.97. The summed E-state index contributed by atoms with van der Waals surface area (Å²) in [6, 6.07) is 19.9. The van der Waals surface area contributed by atoms with Crippen LogP contribution in [0.3, 0.4) is 0 Å². The van der Waals surface area contributed by atoms with Crippen LogP contribution in [0.4, 0.5) is 5.69 Å². The normalized spacial score (nSPS) is 22.0. The molecule has 184 valence electrons. The smallest absolute Gasteiger partial charge is 0.143 e. The third-order valence-corrected chi connectivity index (χ3v) is 7.91. The summed E-state index contributed by atoms with van der Waals surface area (Å²) in [6.07, 6.45) is 1.90. The molecule has 4 rings (SSSR count). The number of ether oxygens (including phenoxy) is 1. The molecule has 0 bridgehead atoms. The summed E-state index contributed by atoms with van der Waals surface area (Å²) < 4.78 is 6.18. The lowest BCUT2D eigenvalue weighted by Crippen LogP contribution is -2.51. The zero-order chi connectivity index (χ0) is 25.6. The van der Waals surface area contributed by atoms with Gasteiger partial charge in [0.2, 0.25) is 0 Å². The van der Waals surface area contributed by atoms with Gasteiger partial charge in [-0.15, -0.1) is 0 Å². The molecule has 0 fully saturated rings. The summed E-state index contributed by atoms with van der Waals surface area (Å²) in [5.41, 5.74) is 2.63. The quantitative estimate of drug-likeness (QED) is 0.329. The molecule has 0 amide bonds. The van der Waals surface area contributed by atoms with Crippen LogP contribution in [0.15, 0.2) is 65.7 Å². The fourth-order valence-corrected chi connectivity index (χ4v) is 5.55. The van der Waals surface area contributed by atoms with Crippen LogP contribution in [-0.2, 0) is 16.5 Å². The number of hydrogen-bond acceptors (Lipinski definition) is 3. The largest absolute Gasteiger partial charge is 0.492 e. The molecular weight excluding hydrogens is 499 g/mol. The van der Waals surface area contributed by atoms with Crippen LogP contribution in [0.25, 0.3) is 0 Å². The molecule has 0 aromatic heterocycles. The number of anilines is 1. The minimum absolute atomic E-state index is 0.127. The van der Waals surface area contributed by atoms with E-state index in [-0.39, 0.29) is 5.41 Å². The van der Waals surface area contributed by atoms with Gasteiger partial charge in [-0.25, -0.2) is 0 Å². The van der Waals surface area contributed by atoms with Crippen molar-refractivity contribution in [3.8, 4) is 5.75 Å². The van der Waals surface area contributed by atoms with Gasteiger partial charge in [-0.3, -0.25) is 4.99 Å². The van der Waals surface area contributed by atoms with Crippen molar-refractivity contribution in [1.29, 1.82) is 0 Å². The van der Waals surface area contributed by atoms with Crippen LogP contribution in [-0.4, -0.2) is 12.9 Å². The van der Waals surface area contributed by atoms with Crippen molar-refractivity contribution in [2.45, 2.75) is 58.0 Å². The van der Waals surface area contributed by atoms with Gasteiger partial charge in [-0.05, 0) is 79.3 Å². The van der Waals surface area contributed by atoms with Gasteiger partial charge < -0.3 is 9.64 Å². The van der Waals surface area contributed by atoms with Gasteiger partial charge in [0.25, 0.3) is 0 Å². The summed E-state index contributed by atoms with van der Waals surface area (Å²) in [6.45, 7) is 13.3. The van der Waals surface area contributed by atoms with Crippen molar-refractivity contribution in [1.82, 2.24) is 0 Å². The second kappa shape index (κ2) is 9.35. The lowest BCUT2D eigenvalue weighted by Gasteiger charge is -2.46. The SMILES string of the molecule is CCOc1cc(C(C)(C)C)c(Cl)cc1N1C=NC(C)(c2ccc(Cl)cc2)C1(C)c1ccc(Cl)cc1. The van der Waals surface area contributed by atoms with Crippen molar-refractivity contribution in [3.63, 3.8) is 0 Å². The van der Waals surface area contributed by atoms with E-state index < -0.39 is 11.1 Å². The molecule has 0 saturated carbocycles. The Hall–Kier alpha value is -2.20. The number of benzene rings is 3. The van der Waals surface area contributed by atoms with Gasteiger partial charge >= 0.3 is 0 Å². The van der Waals surface area contributed by atoms with E-state index in [2.05, 4.69) is 57.7 Å². The molecule has 3 aromatic rings. The van der Waals surface area contributed by atoms with E-state index in [9.17, 15) is 0 Å². The van der Waals surface area contributed by atoms with Crippen LogP contribution in [0.2, 0.25) is 15.1 Å². The van der Waals surface area contributed by atoms with E-state index in [4.69, 9.17) is 44.5 Å². The number of rotatable bonds is 5. The van der Waals surface area contributed by atoms with Crippen LogP contribution >= 0.6 is 34.8 Å². The first kappa shape index (κ1) is 25.9. The van der Waals surface area contributed by atoms with Gasteiger partial charge in [0.1, 0.15) is 11.3 Å². The molecule has 1 aliphatic rings. The Kier molecular flexibility index (Phi) is 6.91. The Labute approximate surface area is 223 Å². The fourth-order valence-electron chi connectivity index (χ4n) is 4.85. The Bertz CT molecular complexity index is 1250. The maximum atomic E-state index is 6.87. The van der Waals surface area contributed by atoms with Crippen molar-refractivity contribution < 1.29 is 4.74 Å². The Morgan fingerprint density at radius 2 is 1.40 bits per heavy atom. The lowest BCUT2D eigenvalue weighted by atomic mass is 9.70. The van der Waals surface area contributed by atoms with Gasteiger partial charge in [0, 0.05) is 15.1 Å². The van der Waals surface area contributed by atoms with E-state index in [1.807, 2.05) is 55.7 Å². The van der Waals surface area contributed by atoms with E-state index >= 15 is 0 Å². The van der Waals surface area contributed by atoms with Crippen LogP contribution < -0.4 is 9.64 Å². The van der Waals surface area contributed by atoms with Gasteiger partial charge in [0.15, 0.2) is 0 Å². The molecular formula is C29H31Cl3N2O. The second-order valence-corrected chi connectivity index (χ2v) is 11.5. The molecule has 0 saturated heterocycles. The van der Waals surface area contributed by atoms with E-state index in [0.29, 0.717) is 21.7 Å². The molecule has 1 heterocycles. The van der Waals surface area contributed by atoms with Crippen LogP contribution in [0.1, 0.15) is 58.2 Å². The number of hydrogen-bond donors (Lipinski definition) is 0. The Morgan fingerprint density at radius 3 is 1.91 bits per heavy atom. The number of halogens is 3. The average Bonchev–Trinajstić information content (AvgIpc) is 3.07. The third-order valence-electron chi connectivity index (χ3n) is 7.09. The highest BCUT2D eigenvalue weighted by molar-refractivity contribution is 6.32. The standard InChI is InChI=1S/C29H31Cl3N2O/c1-7-35-26-16-23(27(2,3)4)24(32)17-25(26)34-18-33-28(5,19-8-12-21(30)13-9-19)29(34,6)20-10-14-22(31)15-11-20/h8-18H,7H2,1-6H3. The van der Waals surface area contributed by atoms with E-state index in [1.165, 1.54) is 0 Å². The second-order valence-electron chi connectivity index (χ2n) is 10.3.